The van der Waals surface area contributed by atoms with Gasteiger partial charge >= 0.3 is 0 Å². The minimum absolute atomic E-state index is 0.440. The van der Waals surface area contributed by atoms with E-state index in [1.165, 1.54) is 6.42 Å². The Morgan fingerprint density at radius 3 is 2.85 bits per heavy atom. The van der Waals surface area contributed by atoms with Crippen LogP contribution in [0.2, 0.25) is 5.15 Å². The summed E-state index contributed by atoms with van der Waals surface area (Å²) in [5, 5.41) is 3.97. The molecule has 1 atom stereocenters. The van der Waals surface area contributed by atoms with Crippen LogP contribution in [0.3, 0.4) is 0 Å². The minimum atomic E-state index is 0.440. The van der Waals surface area contributed by atoms with Gasteiger partial charge in [0.25, 0.3) is 0 Å². The average molecular weight is 197 g/mol. The molecule has 13 heavy (non-hydrogen) atoms. The largest absolute Gasteiger partial charge is 0.382 e. The van der Waals surface area contributed by atoms with Crippen LogP contribution in [-0.4, -0.2) is 11.0 Å². The second-order valence-corrected chi connectivity index (χ2v) is 4.64. The quantitative estimate of drug-likeness (QED) is 0.736. The zero-order chi connectivity index (χ0) is 9.47. The summed E-state index contributed by atoms with van der Waals surface area (Å²) < 4.78 is 0. The SMILES string of the molecule is CC1(C)CC1Nc1ccnc(Cl)c1. The zero-order valence-electron chi connectivity index (χ0n) is 7.84. The number of hydrogen-bond donors (Lipinski definition) is 1. The summed E-state index contributed by atoms with van der Waals surface area (Å²) in [7, 11) is 0. The molecule has 1 N–H and O–H groups in total. The van der Waals surface area contributed by atoms with Gasteiger partial charge < -0.3 is 5.32 Å². The maximum Gasteiger partial charge on any atom is 0.131 e. The highest BCUT2D eigenvalue weighted by molar-refractivity contribution is 6.29. The molecule has 1 aliphatic carbocycles. The van der Waals surface area contributed by atoms with Gasteiger partial charge in [0, 0.05) is 17.9 Å². The van der Waals surface area contributed by atoms with Gasteiger partial charge in [-0.1, -0.05) is 25.4 Å². The van der Waals surface area contributed by atoms with E-state index in [1.54, 1.807) is 6.20 Å². The molecular weight excluding hydrogens is 184 g/mol. The number of nitrogens with one attached hydrogen (secondary N) is 1. The third-order valence-electron chi connectivity index (χ3n) is 2.58. The molecule has 1 fully saturated rings. The van der Waals surface area contributed by atoms with Crippen molar-refractivity contribution in [2.24, 2.45) is 5.41 Å². The van der Waals surface area contributed by atoms with Gasteiger partial charge in [0.05, 0.1) is 0 Å². The van der Waals surface area contributed by atoms with Crippen molar-refractivity contribution < 1.29 is 0 Å². The van der Waals surface area contributed by atoms with Gasteiger partial charge in [-0.25, -0.2) is 4.98 Å². The number of rotatable bonds is 2. The molecule has 0 spiro atoms. The van der Waals surface area contributed by atoms with Gasteiger partial charge in [0.2, 0.25) is 0 Å². The van der Waals surface area contributed by atoms with Crippen LogP contribution in [0, 0.1) is 5.41 Å². The fourth-order valence-electron chi connectivity index (χ4n) is 1.41. The van der Waals surface area contributed by atoms with Crippen LogP contribution in [0.5, 0.6) is 0 Å². The van der Waals surface area contributed by atoms with Gasteiger partial charge in [0.1, 0.15) is 5.15 Å². The van der Waals surface area contributed by atoms with Crippen molar-refractivity contribution in [2.75, 3.05) is 5.32 Å². The van der Waals surface area contributed by atoms with Crippen LogP contribution in [0.1, 0.15) is 20.3 Å². The van der Waals surface area contributed by atoms with Crippen molar-refractivity contribution >= 4 is 17.3 Å². The number of nitrogens with zero attached hydrogens (tertiary/aromatic N) is 1. The summed E-state index contributed by atoms with van der Waals surface area (Å²) in [5.41, 5.74) is 1.51. The second kappa shape index (κ2) is 2.88. The van der Waals surface area contributed by atoms with E-state index < -0.39 is 0 Å². The summed E-state index contributed by atoms with van der Waals surface area (Å²) in [5.74, 6) is 0. The Morgan fingerprint density at radius 2 is 2.31 bits per heavy atom. The van der Waals surface area contributed by atoms with Gasteiger partial charge in [-0.2, -0.15) is 0 Å². The van der Waals surface area contributed by atoms with Crippen molar-refractivity contribution in [1.29, 1.82) is 0 Å². The molecular formula is C10H13ClN2. The smallest absolute Gasteiger partial charge is 0.131 e. The zero-order valence-corrected chi connectivity index (χ0v) is 8.60. The number of aromatic nitrogens is 1. The highest BCUT2D eigenvalue weighted by Gasteiger charge is 2.45. The summed E-state index contributed by atoms with van der Waals surface area (Å²) >= 11 is 5.77. The Balaban J connectivity index is 2.03. The Morgan fingerprint density at radius 1 is 1.62 bits per heavy atom. The lowest BCUT2D eigenvalue weighted by atomic mass is 10.2. The molecule has 1 aliphatic rings. The van der Waals surface area contributed by atoms with Crippen LogP contribution in [-0.2, 0) is 0 Å². The lowest BCUT2D eigenvalue weighted by Crippen LogP contribution is -2.08. The molecule has 2 rings (SSSR count). The predicted molar refractivity (Wildman–Crippen MR) is 55.1 cm³/mol. The molecule has 0 amide bonds. The van der Waals surface area contributed by atoms with E-state index in [0.717, 1.165) is 5.69 Å². The normalized spacial score (nSPS) is 24.1. The minimum Gasteiger partial charge on any atom is -0.382 e. The lowest BCUT2D eigenvalue weighted by Gasteiger charge is -2.07. The standard InChI is InChI=1S/C10H13ClN2/c1-10(2)6-8(10)13-7-3-4-12-9(11)5-7/h3-5,8H,6H2,1-2H3,(H,12,13). The molecule has 1 aromatic rings. The van der Waals surface area contributed by atoms with E-state index in [1.807, 2.05) is 12.1 Å². The molecule has 0 bridgehead atoms. The first kappa shape index (κ1) is 8.82. The van der Waals surface area contributed by atoms with Crippen molar-refractivity contribution in [3.63, 3.8) is 0 Å². The Hall–Kier alpha value is -0.760. The topological polar surface area (TPSA) is 24.9 Å². The van der Waals surface area contributed by atoms with E-state index in [4.69, 9.17) is 11.6 Å². The molecule has 1 saturated carbocycles. The third-order valence-corrected chi connectivity index (χ3v) is 2.79. The fourth-order valence-corrected chi connectivity index (χ4v) is 1.58. The molecule has 1 unspecified atom stereocenters. The van der Waals surface area contributed by atoms with Crippen LogP contribution in [0.25, 0.3) is 0 Å². The highest BCUT2D eigenvalue weighted by Crippen LogP contribution is 2.46. The van der Waals surface area contributed by atoms with Gasteiger partial charge in [-0.15, -0.1) is 0 Å². The number of halogens is 1. The van der Waals surface area contributed by atoms with E-state index in [0.29, 0.717) is 16.6 Å². The molecule has 2 nitrogen and oxygen atoms in total. The molecule has 70 valence electrons. The molecule has 0 aliphatic heterocycles. The van der Waals surface area contributed by atoms with Crippen LogP contribution >= 0.6 is 11.6 Å². The second-order valence-electron chi connectivity index (χ2n) is 4.26. The summed E-state index contributed by atoms with van der Waals surface area (Å²) in [4.78, 5) is 3.93. The lowest BCUT2D eigenvalue weighted by molar-refractivity contribution is 0.630. The summed E-state index contributed by atoms with van der Waals surface area (Å²) in [6.07, 6.45) is 2.95. The number of hydrogen-bond acceptors (Lipinski definition) is 2. The molecule has 1 heterocycles. The van der Waals surface area contributed by atoms with Gasteiger partial charge in [0.15, 0.2) is 0 Å². The van der Waals surface area contributed by atoms with Crippen molar-refractivity contribution in [1.82, 2.24) is 4.98 Å². The molecule has 3 heteroatoms. The first-order valence-corrected chi connectivity index (χ1v) is 4.84. The van der Waals surface area contributed by atoms with E-state index in [2.05, 4.69) is 24.1 Å². The molecule has 1 aromatic heterocycles. The van der Waals surface area contributed by atoms with Gasteiger partial charge in [-0.3, -0.25) is 0 Å². The Kier molecular flexibility index (Phi) is 1.95. The first-order valence-electron chi connectivity index (χ1n) is 4.46. The average Bonchev–Trinajstić information content (AvgIpc) is 2.58. The maximum atomic E-state index is 5.77. The van der Waals surface area contributed by atoms with Crippen LogP contribution < -0.4 is 5.32 Å². The van der Waals surface area contributed by atoms with Crippen LogP contribution in [0.15, 0.2) is 18.3 Å². The molecule has 0 radical (unpaired) electrons. The monoisotopic (exact) mass is 196 g/mol. The predicted octanol–water partition coefficient (Wildman–Crippen LogP) is 2.95. The highest BCUT2D eigenvalue weighted by atomic mass is 35.5. The molecule has 0 aromatic carbocycles. The Bertz CT molecular complexity index is 322. The Labute approximate surface area is 83.3 Å². The van der Waals surface area contributed by atoms with Crippen molar-refractivity contribution in [3.8, 4) is 0 Å². The maximum absolute atomic E-state index is 5.77. The number of pyridine rings is 1. The van der Waals surface area contributed by atoms with E-state index in [-0.39, 0.29) is 0 Å². The van der Waals surface area contributed by atoms with Gasteiger partial charge in [-0.05, 0) is 24.0 Å². The van der Waals surface area contributed by atoms with E-state index in [9.17, 15) is 0 Å². The fraction of sp³-hybridized carbons (Fsp3) is 0.500. The molecule has 0 saturated heterocycles. The number of anilines is 1. The van der Waals surface area contributed by atoms with Crippen molar-refractivity contribution in [2.45, 2.75) is 26.3 Å². The first-order chi connectivity index (χ1) is 6.08. The summed E-state index contributed by atoms with van der Waals surface area (Å²) in [6.45, 7) is 4.51. The third kappa shape index (κ3) is 1.94. The van der Waals surface area contributed by atoms with Crippen molar-refractivity contribution in [3.05, 3.63) is 23.5 Å². The summed E-state index contributed by atoms with van der Waals surface area (Å²) in [6, 6.07) is 4.39. The van der Waals surface area contributed by atoms with Crippen LogP contribution in [0.4, 0.5) is 5.69 Å². The van der Waals surface area contributed by atoms with E-state index >= 15 is 0 Å².